The molecule has 0 spiro atoms. The van der Waals surface area contributed by atoms with Crippen molar-refractivity contribution >= 4 is 0 Å². The van der Waals surface area contributed by atoms with Crippen LogP contribution in [0.25, 0.3) is 0 Å². The maximum absolute atomic E-state index is 12.5. The lowest BCUT2D eigenvalue weighted by Crippen LogP contribution is -2.11. The number of benzene rings is 1. The van der Waals surface area contributed by atoms with Crippen molar-refractivity contribution in [2.24, 2.45) is 11.7 Å². The van der Waals surface area contributed by atoms with Gasteiger partial charge < -0.3 is 5.73 Å². The molecule has 0 aliphatic heterocycles. The van der Waals surface area contributed by atoms with Crippen LogP contribution in [0.15, 0.2) is 24.3 Å². The third-order valence-electron chi connectivity index (χ3n) is 2.24. The summed E-state index contributed by atoms with van der Waals surface area (Å²) in [5.41, 5.74) is 6.68. The van der Waals surface area contributed by atoms with Crippen LogP contribution in [0, 0.1) is 11.7 Å². The van der Waals surface area contributed by atoms with E-state index in [0.717, 1.165) is 19.4 Å². The molecule has 0 saturated heterocycles. The highest BCUT2D eigenvalue weighted by atomic mass is 19.1. The minimum atomic E-state index is -0.171. The minimum absolute atomic E-state index is 0.171. The van der Waals surface area contributed by atoms with Gasteiger partial charge in [0.1, 0.15) is 5.82 Å². The summed E-state index contributed by atoms with van der Waals surface area (Å²) >= 11 is 0. The van der Waals surface area contributed by atoms with Crippen molar-refractivity contribution < 1.29 is 4.39 Å². The maximum atomic E-state index is 12.5. The van der Waals surface area contributed by atoms with E-state index in [1.165, 1.54) is 17.7 Å². The average molecular weight is 181 g/mol. The second-order valence-corrected chi connectivity index (χ2v) is 3.51. The molecule has 1 atom stereocenters. The summed E-state index contributed by atoms with van der Waals surface area (Å²) in [6.07, 6.45) is 2.06. The zero-order valence-electron chi connectivity index (χ0n) is 7.96. The molecule has 2 heteroatoms. The second kappa shape index (κ2) is 4.97. The third-order valence-corrected chi connectivity index (χ3v) is 2.24. The van der Waals surface area contributed by atoms with Gasteiger partial charge in [0.25, 0.3) is 0 Å². The van der Waals surface area contributed by atoms with Gasteiger partial charge >= 0.3 is 0 Å². The molecule has 0 aromatic heterocycles. The molecule has 0 radical (unpaired) electrons. The summed E-state index contributed by atoms with van der Waals surface area (Å²) in [5, 5.41) is 0. The minimum Gasteiger partial charge on any atom is -0.330 e. The zero-order valence-corrected chi connectivity index (χ0v) is 7.96. The van der Waals surface area contributed by atoms with Crippen LogP contribution >= 0.6 is 0 Å². The molecule has 13 heavy (non-hydrogen) atoms. The Kier molecular flexibility index (Phi) is 3.90. The fourth-order valence-electron chi connectivity index (χ4n) is 1.18. The SMILES string of the molecule is CC(CN)CCc1ccc(F)cc1. The van der Waals surface area contributed by atoms with E-state index < -0.39 is 0 Å². The van der Waals surface area contributed by atoms with Gasteiger partial charge in [-0.25, -0.2) is 4.39 Å². The molecule has 1 unspecified atom stereocenters. The van der Waals surface area contributed by atoms with Crippen LogP contribution in [0.4, 0.5) is 4.39 Å². The topological polar surface area (TPSA) is 26.0 Å². The van der Waals surface area contributed by atoms with Crippen molar-refractivity contribution in [3.8, 4) is 0 Å². The van der Waals surface area contributed by atoms with Crippen molar-refractivity contribution in [3.05, 3.63) is 35.6 Å². The van der Waals surface area contributed by atoms with Crippen LogP contribution in [0.1, 0.15) is 18.9 Å². The third kappa shape index (κ3) is 3.55. The van der Waals surface area contributed by atoms with Gasteiger partial charge in [0.15, 0.2) is 0 Å². The van der Waals surface area contributed by atoms with Crippen molar-refractivity contribution in [1.29, 1.82) is 0 Å². The van der Waals surface area contributed by atoms with Crippen LogP contribution in [-0.2, 0) is 6.42 Å². The van der Waals surface area contributed by atoms with E-state index in [1.807, 2.05) is 12.1 Å². The number of aryl methyl sites for hydroxylation is 1. The molecule has 0 bridgehead atoms. The molecule has 0 aliphatic rings. The Morgan fingerprint density at radius 3 is 2.46 bits per heavy atom. The molecular formula is C11H16FN. The standard InChI is InChI=1S/C11H16FN/c1-9(8-13)2-3-10-4-6-11(12)7-5-10/h4-7,9H,2-3,8,13H2,1H3. The van der Waals surface area contributed by atoms with Crippen LogP contribution in [0.3, 0.4) is 0 Å². The van der Waals surface area contributed by atoms with E-state index in [9.17, 15) is 4.39 Å². The molecule has 0 aliphatic carbocycles. The summed E-state index contributed by atoms with van der Waals surface area (Å²) in [7, 11) is 0. The van der Waals surface area contributed by atoms with Gasteiger partial charge in [-0.05, 0) is 43.0 Å². The maximum Gasteiger partial charge on any atom is 0.123 e. The van der Waals surface area contributed by atoms with Gasteiger partial charge in [0.2, 0.25) is 0 Å². The summed E-state index contributed by atoms with van der Waals surface area (Å²) in [5.74, 6) is 0.376. The normalized spacial score (nSPS) is 12.8. The smallest absolute Gasteiger partial charge is 0.123 e. The number of halogens is 1. The second-order valence-electron chi connectivity index (χ2n) is 3.51. The molecule has 1 rings (SSSR count). The monoisotopic (exact) mass is 181 g/mol. The Morgan fingerprint density at radius 2 is 1.92 bits per heavy atom. The Balaban J connectivity index is 2.41. The van der Waals surface area contributed by atoms with Crippen LogP contribution < -0.4 is 5.73 Å². The van der Waals surface area contributed by atoms with Gasteiger partial charge in [0.05, 0.1) is 0 Å². The molecule has 0 heterocycles. The first kappa shape index (κ1) is 10.2. The predicted octanol–water partition coefficient (Wildman–Crippen LogP) is 2.35. The zero-order chi connectivity index (χ0) is 9.68. The fourth-order valence-corrected chi connectivity index (χ4v) is 1.18. The first-order valence-corrected chi connectivity index (χ1v) is 4.67. The van der Waals surface area contributed by atoms with E-state index in [-0.39, 0.29) is 5.82 Å². The van der Waals surface area contributed by atoms with Crippen LogP contribution in [-0.4, -0.2) is 6.54 Å². The molecule has 0 saturated carbocycles. The predicted molar refractivity (Wildman–Crippen MR) is 52.9 cm³/mol. The Bertz CT molecular complexity index is 243. The molecule has 72 valence electrons. The van der Waals surface area contributed by atoms with Crippen LogP contribution in [0.2, 0.25) is 0 Å². The molecule has 1 aromatic carbocycles. The van der Waals surface area contributed by atoms with Gasteiger partial charge in [-0.3, -0.25) is 0 Å². The first-order valence-electron chi connectivity index (χ1n) is 4.67. The van der Waals surface area contributed by atoms with E-state index >= 15 is 0 Å². The summed E-state index contributed by atoms with van der Waals surface area (Å²) in [6.45, 7) is 2.85. The Labute approximate surface area is 78.8 Å². The van der Waals surface area contributed by atoms with Gasteiger partial charge in [-0.1, -0.05) is 19.1 Å². The van der Waals surface area contributed by atoms with Gasteiger partial charge in [-0.15, -0.1) is 0 Å². The summed E-state index contributed by atoms with van der Waals surface area (Å²) in [6, 6.07) is 6.67. The average Bonchev–Trinajstić information content (AvgIpc) is 2.16. The number of hydrogen-bond acceptors (Lipinski definition) is 1. The molecule has 0 amide bonds. The highest BCUT2D eigenvalue weighted by Crippen LogP contribution is 2.09. The molecule has 0 fully saturated rings. The lowest BCUT2D eigenvalue weighted by atomic mass is 10.0. The van der Waals surface area contributed by atoms with E-state index in [2.05, 4.69) is 6.92 Å². The molecule has 1 aromatic rings. The van der Waals surface area contributed by atoms with E-state index in [4.69, 9.17) is 5.73 Å². The Morgan fingerprint density at radius 1 is 1.31 bits per heavy atom. The summed E-state index contributed by atoms with van der Waals surface area (Å²) in [4.78, 5) is 0. The first-order chi connectivity index (χ1) is 6.22. The molecule has 2 N–H and O–H groups in total. The fraction of sp³-hybridized carbons (Fsp3) is 0.455. The Hall–Kier alpha value is -0.890. The number of hydrogen-bond donors (Lipinski definition) is 1. The van der Waals surface area contributed by atoms with E-state index in [0.29, 0.717) is 5.92 Å². The van der Waals surface area contributed by atoms with Crippen LogP contribution in [0.5, 0.6) is 0 Å². The van der Waals surface area contributed by atoms with Crippen molar-refractivity contribution in [2.75, 3.05) is 6.54 Å². The lowest BCUT2D eigenvalue weighted by molar-refractivity contribution is 0.544. The van der Waals surface area contributed by atoms with Crippen molar-refractivity contribution in [1.82, 2.24) is 0 Å². The number of nitrogens with two attached hydrogens (primary N) is 1. The quantitative estimate of drug-likeness (QED) is 0.758. The van der Waals surface area contributed by atoms with Gasteiger partial charge in [0, 0.05) is 0 Å². The highest BCUT2D eigenvalue weighted by Gasteiger charge is 1.99. The van der Waals surface area contributed by atoms with E-state index in [1.54, 1.807) is 0 Å². The summed E-state index contributed by atoms with van der Waals surface area (Å²) < 4.78 is 12.5. The largest absolute Gasteiger partial charge is 0.330 e. The molecule has 1 nitrogen and oxygen atoms in total. The lowest BCUT2D eigenvalue weighted by Gasteiger charge is -2.07. The van der Waals surface area contributed by atoms with Crippen molar-refractivity contribution in [2.45, 2.75) is 19.8 Å². The molecular weight excluding hydrogens is 165 g/mol. The van der Waals surface area contributed by atoms with Crippen molar-refractivity contribution in [3.63, 3.8) is 0 Å². The number of rotatable bonds is 4. The van der Waals surface area contributed by atoms with Gasteiger partial charge in [-0.2, -0.15) is 0 Å². The highest BCUT2D eigenvalue weighted by molar-refractivity contribution is 5.16.